The largest absolute Gasteiger partial charge is 0.378 e. The molecule has 0 spiro atoms. The van der Waals surface area contributed by atoms with Crippen LogP contribution in [0.5, 0.6) is 0 Å². The minimum absolute atomic E-state index is 0.173. The second-order valence-electron chi connectivity index (χ2n) is 7.65. The van der Waals surface area contributed by atoms with Gasteiger partial charge in [-0.2, -0.15) is 0 Å². The third-order valence-electron chi connectivity index (χ3n) is 5.76. The average Bonchev–Trinajstić information content (AvgIpc) is 3.22. The maximum absolute atomic E-state index is 12.2. The minimum Gasteiger partial charge on any atom is -0.378 e. The monoisotopic (exact) mass is 374 g/mol. The number of rotatable bonds is 5. The van der Waals surface area contributed by atoms with Crippen molar-refractivity contribution in [2.75, 3.05) is 68.8 Å². The van der Waals surface area contributed by atoms with Crippen LogP contribution < -0.4 is 15.1 Å². The molecule has 148 valence electrons. The van der Waals surface area contributed by atoms with E-state index in [1.807, 2.05) is 0 Å². The molecule has 3 aliphatic rings. The van der Waals surface area contributed by atoms with Crippen LogP contribution in [0.4, 0.5) is 11.6 Å². The molecule has 8 heteroatoms. The van der Waals surface area contributed by atoms with E-state index < -0.39 is 0 Å². The number of nitrogens with zero attached hydrogens (tertiary/aromatic N) is 5. The lowest BCUT2D eigenvalue weighted by molar-refractivity contribution is -0.123. The predicted molar refractivity (Wildman–Crippen MR) is 104 cm³/mol. The molecule has 3 fully saturated rings. The van der Waals surface area contributed by atoms with E-state index in [2.05, 4.69) is 36.1 Å². The second-order valence-corrected chi connectivity index (χ2v) is 7.65. The Morgan fingerprint density at radius 1 is 1.00 bits per heavy atom. The Labute approximate surface area is 160 Å². The molecule has 0 bridgehead atoms. The lowest BCUT2D eigenvalue weighted by Gasteiger charge is -2.35. The fraction of sp³-hybridized carbons (Fsp3) is 0.737. The number of piperazine rings is 1. The lowest BCUT2D eigenvalue weighted by atomic mass is 10.2. The first-order valence-electron chi connectivity index (χ1n) is 10.2. The quantitative estimate of drug-likeness (QED) is 0.804. The molecule has 1 amide bonds. The maximum Gasteiger partial charge on any atom is 0.234 e. The normalized spacial score (nSPS) is 22.2. The van der Waals surface area contributed by atoms with Crippen molar-refractivity contribution in [3.05, 3.63) is 12.4 Å². The Balaban J connectivity index is 1.26. The van der Waals surface area contributed by atoms with Crippen LogP contribution in [-0.2, 0) is 9.53 Å². The van der Waals surface area contributed by atoms with Crippen LogP contribution in [0.2, 0.25) is 0 Å². The Hall–Kier alpha value is -1.93. The van der Waals surface area contributed by atoms with Crippen molar-refractivity contribution in [1.82, 2.24) is 20.2 Å². The summed E-state index contributed by atoms with van der Waals surface area (Å²) >= 11 is 0. The summed E-state index contributed by atoms with van der Waals surface area (Å²) in [6.07, 6.45) is 6.42. The molecule has 27 heavy (non-hydrogen) atoms. The van der Waals surface area contributed by atoms with Gasteiger partial charge in [0, 0.05) is 51.4 Å². The van der Waals surface area contributed by atoms with Crippen molar-refractivity contribution in [1.29, 1.82) is 0 Å². The summed E-state index contributed by atoms with van der Waals surface area (Å²) < 4.78 is 5.42. The fourth-order valence-corrected chi connectivity index (χ4v) is 4.16. The van der Waals surface area contributed by atoms with Crippen molar-refractivity contribution in [2.24, 2.45) is 0 Å². The summed E-state index contributed by atoms with van der Waals surface area (Å²) in [4.78, 5) is 27.9. The molecule has 1 N–H and O–H groups in total. The molecule has 1 saturated carbocycles. The van der Waals surface area contributed by atoms with Gasteiger partial charge in [0.1, 0.15) is 18.0 Å². The van der Waals surface area contributed by atoms with Crippen molar-refractivity contribution < 1.29 is 9.53 Å². The number of nitrogens with one attached hydrogen (secondary N) is 1. The van der Waals surface area contributed by atoms with E-state index >= 15 is 0 Å². The number of ether oxygens (including phenoxy) is 1. The average molecular weight is 374 g/mol. The standard InChI is InChI=1S/C19H30N6O2/c26-19(22-16-3-1-2-4-16)14-23-5-7-24(8-6-23)17-13-18(21-15-20-17)25-9-11-27-12-10-25/h13,15-16H,1-12,14H2,(H,22,26). The number of morpholine rings is 1. The molecule has 0 aromatic carbocycles. The summed E-state index contributed by atoms with van der Waals surface area (Å²) in [5.74, 6) is 2.12. The third kappa shape index (κ3) is 4.87. The summed E-state index contributed by atoms with van der Waals surface area (Å²) in [5.41, 5.74) is 0. The third-order valence-corrected chi connectivity index (χ3v) is 5.76. The SMILES string of the molecule is O=C(CN1CCN(c2cc(N3CCOCC3)ncn2)CC1)NC1CCCC1. The first kappa shape index (κ1) is 18.4. The van der Waals surface area contributed by atoms with Gasteiger partial charge in [0.15, 0.2) is 0 Å². The predicted octanol–water partition coefficient (Wildman–Crippen LogP) is 0.494. The van der Waals surface area contributed by atoms with E-state index in [1.165, 1.54) is 12.8 Å². The first-order valence-corrected chi connectivity index (χ1v) is 10.2. The molecule has 1 aromatic heterocycles. The van der Waals surface area contributed by atoms with E-state index in [0.717, 1.165) is 77.0 Å². The maximum atomic E-state index is 12.2. The van der Waals surface area contributed by atoms with Gasteiger partial charge in [-0.25, -0.2) is 9.97 Å². The highest BCUT2D eigenvalue weighted by Gasteiger charge is 2.23. The molecular formula is C19H30N6O2. The Kier molecular flexibility index (Phi) is 6.03. The summed E-state index contributed by atoms with van der Waals surface area (Å²) in [7, 11) is 0. The smallest absolute Gasteiger partial charge is 0.234 e. The Morgan fingerprint density at radius 3 is 2.30 bits per heavy atom. The molecule has 0 radical (unpaired) electrons. The number of carbonyl (C=O) groups is 1. The molecule has 3 heterocycles. The molecular weight excluding hydrogens is 344 g/mol. The van der Waals surface area contributed by atoms with Gasteiger partial charge in [0.2, 0.25) is 5.91 Å². The molecule has 1 aromatic rings. The molecule has 0 atom stereocenters. The fourth-order valence-electron chi connectivity index (χ4n) is 4.16. The van der Waals surface area contributed by atoms with Gasteiger partial charge in [0.25, 0.3) is 0 Å². The molecule has 1 aliphatic carbocycles. The molecule has 4 rings (SSSR count). The molecule has 2 saturated heterocycles. The molecule has 2 aliphatic heterocycles. The van der Waals surface area contributed by atoms with E-state index in [1.54, 1.807) is 6.33 Å². The number of aromatic nitrogens is 2. The van der Waals surface area contributed by atoms with Gasteiger partial charge < -0.3 is 19.9 Å². The highest BCUT2D eigenvalue weighted by molar-refractivity contribution is 5.78. The summed E-state index contributed by atoms with van der Waals surface area (Å²) in [5, 5.41) is 3.18. The van der Waals surface area contributed by atoms with Crippen LogP contribution >= 0.6 is 0 Å². The highest BCUT2D eigenvalue weighted by Crippen LogP contribution is 2.20. The van der Waals surface area contributed by atoms with Gasteiger partial charge in [-0.15, -0.1) is 0 Å². The van der Waals surface area contributed by atoms with Gasteiger partial charge >= 0.3 is 0 Å². The molecule has 8 nitrogen and oxygen atoms in total. The van der Waals surface area contributed by atoms with Gasteiger partial charge in [-0.05, 0) is 12.8 Å². The zero-order valence-electron chi connectivity index (χ0n) is 16.0. The summed E-state index contributed by atoms with van der Waals surface area (Å²) in [6, 6.07) is 2.48. The van der Waals surface area contributed by atoms with Crippen molar-refractivity contribution >= 4 is 17.5 Å². The van der Waals surface area contributed by atoms with E-state index in [-0.39, 0.29) is 5.91 Å². The van der Waals surface area contributed by atoms with Crippen LogP contribution in [0.15, 0.2) is 12.4 Å². The Bertz CT molecular complexity index is 622. The Morgan fingerprint density at radius 2 is 1.63 bits per heavy atom. The first-order chi connectivity index (χ1) is 13.3. The number of amides is 1. The highest BCUT2D eigenvalue weighted by atomic mass is 16.5. The van der Waals surface area contributed by atoms with Gasteiger partial charge in [-0.1, -0.05) is 12.8 Å². The van der Waals surface area contributed by atoms with E-state index in [9.17, 15) is 4.79 Å². The van der Waals surface area contributed by atoms with Gasteiger partial charge in [0.05, 0.1) is 19.8 Å². The van der Waals surface area contributed by atoms with Crippen molar-refractivity contribution in [3.8, 4) is 0 Å². The number of hydrogen-bond donors (Lipinski definition) is 1. The van der Waals surface area contributed by atoms with Crippen LogP contribution in [0.25, 0.3) is 0 Å². The van der Waals surface area contributed by atoms with Crippen molar-refractivity contribution in [2.45, 2.75) is 31.7 Å². The lowest BCUT2D eigenvalue weighted by Crippen LogP contribution is -2.50. The number of anilines is 2. The van der Waals surface area contributed by atoms with Gasteiger partial charge in [-0.3, -0.25) is 9.69 Å². The zero-order chi connectivity index (χ0) is 18.5. The van der Waals surface area contributed by atoms with Crippen LogP contribution in [0.3, 0.4) is 0 Å². The minimum atomic E-state index is 0.173. The van der Waals surface area contributed by atoms with Crippen LogP contribution in [0.1, 0.15) is 25.7 Å². The second kappa shape index (κ2) is 8.84. The van der Waals surface area contributed by atoms with Crippen LogP contribution in [-0.4, -0.2) is 85.8 Å². The van der Waals surface area contributed by atoms with E-state index in [4.69, 9.17) is 4.74 Å². The molecule has 0 unspecified atom stereocenters. The topological polar surface area (TPSA) is 73.8 Å². The van der Waals surface area contributed by atoms with Crippen molar-refractivity contribution in [3.63, 3.8) is 0 Å². The van der Waals surface area contributed by atoms with Crippen LogP contribution in [0, 0.1) is 0 Å². The summed E-state index contributed by atoms with van der Waals surface area (Å²) in [6.45, 7) is 7.30. The number of hydrogen-bond acceptors (Lipinski definition) is 7. The number of carbonyl (C=O) groups excluding carboxylic acids is 1. The zero-order valence-corrected chi connectivity index (χ0v) is 16.0. The van der Waals surface area contributed by atoms with E-state index in [0.29, 0.717) is 12.6 Å².